The Hall–Kier alpha value is -1.80. The van der Waals surface area contributed by atoms with Gasteiger partial charge in [-0.2, -0.15) is 13.2 Å². The molecular formula is C17H20ClF3N2O3. The van der Waals surface area contributed by atoms with Gasteiger partial charge >= 0.3 is 12.1 Å². The summed E-state index contributed by atoms with van der Waals surface area (Å²) in [6.45, 7) is 0.188. The molecule has 26 heavy (non-hydrogen) atoms. The highest BCUT2D eigenvalue weighted by atomic mass is 35.5. The molecule has 0 radical (unpaired) electrons. The summed E-state index contributed by atoms with van der Waals surface area (Å²) in [5.41, 5.74) is -0.462. The topological polar surface area (TPSA) is 58.6 Å². The Morgan fingerprint density at radius 2 is 1.92 bits per heavy atom. The molecule has 5 nitrogen and oxygen atoms in total. The third kappa shape index (κ3) is 4.12. The second kappa shape index (κ2) is 7.44. The number of hydrogen-bond donors (Lipinski definition) is 1. The maximum atomic E-state index is 12.5. The molecule has 1 aliphatic heterocycles. The lowest BCUT2D eigenvalue weighted by atomic mass is 9.89. The van der Waals surface area contributed by atoms with E-state index in [9.17, 15) is 22.8 Å². The smallest absolute Gasteiger partial charge is 0.405 e. The largest absolute Gasteiger partial charge is 0.468 e. The van der Waals surface area contributed by atoms with Crippen molar-refractivity contribution in [1.82, 2.24) is 10.2 Å². The Kier molecular flexibility index (Phi) is 5.87. The average Bonchev–Trinajstić information content (AvgIpc) is 2.85. The molecule has 0 spiro atoms. The number of carbonyl (C=O) groups excluding carboxylic acids is 2. The van der Waals surface area contributed by atoms with Crippen molar-refractivity contribution in [2.45, 2.75) is 31.1 Å². The van der Waals surface area contributed by atoms with E-state index in [1.165, 1.54) is 7.11 Å². The molecule has 0 bridgehead atoms. The summed E-state index contributed by atoms with van der Waals surface area (Å²) in [6, 6.07) is 6.05. The van der Waals surface area contributed by atoms with Crippen LogP contribution in [0.1, 0.15) is 24.9 Å². The molecular weight excluding hydrogens is 373 g/mol. The molecule has 2 rings (SSSR count). The van der Waals surface area contributed by atoms with Crippen LogP contribution in [0.15, 0.2) is 24.3 Å². The summed E-state index contributed by atoms with van der Waals surface area (Å²) in [7, 11) is 2.88. The first-order valence-corrected chi connectivity index (χ1v) is 8.28. The molecule has 1 saturated heterocycles. The minimum absolute atomic E-state index is 0.0349. The van der Waals surface area contributed by atoms with Crippen molar-refractivity contribution in [2.75, 3.05) is 20.7 Å². The first-order valence-electron chi connectivity index (χ1n) is 7.91. The fraction of sp³-hybridized carbons (Fsp3) is 0.529. The number of esters is 1. The summed E-state index contributed by atoms with van der Waals surface area (Å²) in [4.78, 5) is 26.4. The standard InChI is InChI=1S/C17H20ClF3N2O3/c1-16(15(25)26-3)8-12(14(24)22-9-17(19,20)21)13(23(16)2)10-4-6-11(18)7-5-10/h4-7,12-13H,8-9H2,1-3H3,(H,22,24)/t12-,13-,16-/m0/s1. The molecule has 0 aliphatic carbocycles. The number of rotatable bonds is 4. The van der Waals surface area contributed by atoms with Crippen LogP contribution >= 0.6 is 11.6 Å². The van der Waals surface area contributed by atoms with Crippen LogP contribution in [0.4, 0.5) is 13.2 Å². The van der Waals surface area contributed by atoms with Crippen molar-refractivity contribution >= 4 is 23.5 Å². The van der Waals surface area contributed by atoms with Gasteiger partial charge in [0.05, 0.1) is 13.0 Å². The van der Waals surface area contributed by atoms with E-state index in [-0.39, 0.29) is 6.42 Å². The van der Waals surface area contributed by atoms with Crippen molar-refractivity contribution in [1.29, 1.82) is 0 Å². The van der Waals surface area contributed by atoms with Gasteiger partial charge in [-0.3, -0.25) is 14.5 Å². The van der Waals surface area contributed by atoms with E-state index in [0.717, 1.165) is 0 Å². The SMILES string of the molecule is COC(=O)[C@]1(C)C[C@H](C(=O)NCC(F)(F)F)[C@H](c2ccc(Cl)cc2)N1C. The van der Waals surface area contributed by atoms with Gasteiger partial charge in [-0.15, -0.1) is 0 Å². The summed E-state index contributed by atoms with van der Waals surface area (Å²) in [5, 5.41) is 2.41. The predicted octanol–water partition coefficient (Wildman–Crippen LogP) is 2.94. The zero-order valence-electron chi connectivity index (χ0n) is 14.6. The molecule has 0 aromatic heterocycles. The maximum absolute atomic E-state index is 12.5. The minimum atomic E-state index is -4.51. The molecule has 1 aromatic carbocycles. The third-order valence-corrected chi connectivity index (χ3v) is 5.08. The lowest BCUT2D eigenvalue weighted by molar-refractivity contribution is -0.152. The van der Waals surface area contributed by atoms with E-state index in [1.54, 1.807) is 43.1 Å². The minimum Gasteiger partial charge on any atom is -0.468 e. The number of hydrogen-bond acceptors (Lipinski definition) is 4. The molecule has 9 heteroatoms. The number of nitrogens with one attached hydrogen (secondary N) is 1. The first-order chi connectivity index (χ1) is 12.0. The van der Waals surface area contributed by atoms with Gasteiger partial charge in [0.25, 0.3) is 0 Å². The van der Waals surface area contributed by atoms with Crippen LogP contribution in [0.5, 0.6) is 0 Å². The number of benzene rings is 1. The van der Waals surface area contributed by atoms with Crippen LogP contribution in [0.2, 0.25) is 5.02 Å². The number of carbonyl (C=O) groups is 2. The molecule has 1 amide bonds. The van der Waals surface area contributed by atoms with E-state index in [2.05, 4.69) is 0 Å². The zero-order valence-corrected chi connectivity index (χ0v) is 15.3. The fourth-order valence-corrected chi connectivity index (χ4v) is 3.50. The number of nitrogens with zero attached hydrogens (tertiary/aromatic N) is 1. The van der Waals surface area contributed by atoms with Gasteiger partial charge < -0.3 is 10.1 Å². The summed E-state index contributed by atoms with van der Waals surface area (Å²) in [6.07, 6.45) is -4.48. The highest BCUT2D eigenvalue weighted by Gasteiger charge is 2.55. The Morgan fingerprint density at radius 3 is 2.42 bits per heavy atom. The molecule has 144 valence electrons. The summed E-state index contributed by atoms with van der Waals surface area (Å²) in [5.74, 6) is -2.17. The van der Waals surface area contributed by atoms with E-state index >= 15 is 0 Å². The van der Waals surface area contributed by atoms with Crippen molar-refractivity contribution in [3.63, 3.8) is 0 Å². The van der Waals surface area contributed by atoms with E-state index < -0.39 is 42.1 Å². The maximum Gasteiger partial charge on any atom is 0.405 e. The van der Waals surface area contributed by atoms with Gasteiger partial charge in [0.2, 0.25) is 5.91 Å². The summed E-state index contributed by atoms with van der Waals surface area (Å²) < 4.78 is 42.2. The highest BCUT2D eigenvalue weighted by molar-refractivity contribution is 6.30. The Labute approximate surface area is 154 Å². The molecule has 1 N–H and O–H groups in total. The van der Waals surface area contributed by atoms with Gasteiger partial charge in [0, 0.05) is 11.1 Å². The van der Waals surface area contributed by atoms with E-state index in [4.69, 9.17) is 16.3 Å². The van der Waals surface area contributed by atoms with Crippen LogP contribution in [0.25, 0.3) is 0 Å². The Balaban J connectivity index is 2.36. The monoisotopic (exact) mass is 392 g/mol. The predicted molar refractivity (Wildman–Crippen MR) is 89.5 cm³/mol. The average molecular weight is 393 g/mol. The normalized spacial score (nSPS) is 26.6. The number of alkyl halides is 3. The van der Waals surface area contributed by atoms with Crippen molar-refractivity contribution < 1.29 is 27.5 Å². The van der Waals surface area contributed by atoms with E-state index in [1.807, 2.05) is 5.32 Å². The zero-order chi connectivity index (χ0) is 19.7. The van der Waals surface area contributed by atoms with Crippen LogP contribution < -0.4 is 5.32 Å². The number of amides is 1. The van der Waals surface area contributed by atoms with Crippen molar-refractivity contribution in [3.8, 4) is 0 Å². The second-order valence-corrected chi connectivity index (χ2v) is 6.95. The molecule has 1 aromatic rings. The van der Waals surface area contributed by atoms with Gasteiger partial charge in [-0.1, -0.05) is 23.7 Å². The van der Waals surface area contributed by atoms with Gasteiger partial charge in [0.1, 0.15) is 12.1 Å². The lowest BCUT2D eigenvalue weighted by Gasteiger charge is -2.33. The Morgan fingerprint density at radius 1 is 1.35 bits per heavy atom. The number of methoxy groups -OCH3 is 1. The second-order valence-electron chi connectivity index (χ2n) is 6.52. The molecule has 0 saturated carbocycles. The van der Waals surface area contributed by atoms with Gasteiger partial charge in [-0.25, -0.2) is 0 Å². The molecule has 1 fully saturated rings. The van der Waals surface area contributed by atoms with Crippen LogP contribution in [0.3, 0.4) is 0 Å². The summed E-state index contributed by atoms with van der Waals surface area (Å²) >= 11 is 5.89. The van der Waals surface area contributed by atoms with Gasteiger partial charge in [-0.05, 0) is 38.1 Å². The molecule has 1 heterocycles. The van der Waals surface area contributed by atoms with Crippen LogP contribution in [0, 0.1) is 5.92 Å². The number of likely N-dealkylation sites (tertiary alicyclic amines) is 1. The van der Waals surface area contributed by atoms with Crippen LogP contribution in [-0.4, -0.2) is 49.2 Å². The lowest BCUT2D eigenvalue weighted by Crippen LogP contribution is -2.47. The number of ether oxygens (including phenoxy) is 1. The van der Waals surface area contributed by atoms with Gasteiger partial charge in [0.15, 0.2) is 0 Å². The molecule has 3 atom stereocenters. The molecule has 1 aliphatic rings. The van der Waals surface area contributed by atoms with E-state index in [0.29, 0.717) is 10.6 Å². The number of likely N-dealkylation sites (N-methyl/N-ethyl adjacent to an activating group) is 1. The fourth-order valence-electron chi connectivity index (χ4n) is 3.38. The van der Waals surface area contributed by atoms with Crippen molar-refractivity contribution in [2.24, 2.45) is 5.92 Å². The quantitative estimate of drug-likeness (QED) is 0.800. The highest BCUT2D eigenvalue weighted by Crippen LogP contribution is 2.46. The Bertz CT molecular complexity index is 681. The van der Waals surface area contributed by atoms with Crippen LogP contribution in [-0.2, 0) is 14.3 Å². The number of halogens is 4. The van der Waals surface area contributed by atoms with Crippen molar-refractivity contribution in [3.05, 3.63) is 34.9 Å². The first kappa shape index (κ1) is 20.5. The third-order valence-electron chi connectivity index (χ3n) is 4.83. The molecule has 0 unspecified atom stereocenters.